The van der Waals surface area contributed by atoms with Crippen LogP contribution in [0.3, 0.4) is 0 Å². The van der Waals surface area contributed by atoms with Crippen LogP contribution >= 0.6 is 27.5 Å². The van der Waals surface area contributed by atoms with E-state index in [0.717, 1.165) is 10.2 Å². The van der Waals surface area contributed by atoms with Crippen LogP contribution in [0.5, 0.6) is 0 Å². The predicted molar refractivity (Wildman–Crippen MR) is 78.4 cm³/mol. The Morgan fingerprint density at radius 1 is 1.47 bits per heavy atom. The molecule has 0 atom stereocenters. The van der Waals surface area contributed by atoms with Crippen LogP contribution in [0.1, 0.15) is 16.1 Å². The Kier molecular flexibility index (Phi) is 4.61. The van der Waals surface area contributed by atoms with Gasteiger partial charge >= 0.3 is 0 Å². The molecule has 0 aliphatic rings. The summed E-state index contributed by atoms with van der Waals surface area (Å²) in [6.07, 6.45) is 2.58. The zero-order chi connectivity index (χ0) is 13.8. The number of carbonyl (C=O) groups is 1. The van der Waals surface area contributed by atoms with Gasteiger partial charge in [0.25, 0.3) is 5.91 Å². The van der Waals surface area contributed by atoms with Crippen molar-refractivity contribution >= 4 is 33.4 Å². The van der Waals surface area contributed by atoms with Crippen LogP contribution in [0.2, 0.25) is 5.02 Å². The van der Waals surface area contributed by atoms with Crippen molar-refractivity contribution < 1.29 is 4.79 Å². The fourth-order valence-electron chi connectivity index (χ4n) is 1.67. The molecule has 6 heteroatoms. The van der Waals surface area contributed by atoms with Crippen LogP contribution in [-0.4, -0.2) is 22.2 Å². The molecule has 19 heavy (non-hydrogen) atoms. The molecule has 0 aliphatic heterocycles. The highest BCUT2D eigenvalue weighted by Crippen LogP contribution is 2.20. The SMILES string of the molecule is Cn1ccc(CCNC(=O)c2cc(Cl)ccc2Br)n1. The molecule has 2 aromatic rings. The number of halogens is 2. The molecule has 1 aromatic heterocycles. The van der Waals surface area contributed by atoms with Crippen LogP contribution < -0.4 is 5.32 Å². The summed E-state index contributed by atoms with van der Waals surface area (Å²) in [5, 5.41) is 7.63. The third-order valence-corrected chi connectivity index (χ3v) is 3.54. The summed E-state index contributed by atoms with van der Waals surface area (Å²) < 4.78 is 2.47. The molecule has 100 valence electrons. The van der Waals surface area contributed by atoms with E-state index in [1.165, 1.54) is 0 Å². The van der Waals surface area contributed by atoms with Crippen molar-refractivity contribution in [2.45, 2.75) is 6.42 Å². The van der Waals surface area contributed by atoms with Crippen LogP contribution in [0.25, 0.3) is 0 Å². The Hall–Kier alpha value is -1.33. The molecule has 0 spiro atoms. The number of nitrogens with one attached hydrogen (secondary N) is 1. The van der Waals surface area contributed by atoms with E-state index >= 15 is 0 Å². The largest absolute Gasteiger partial charge is 0.352 e. The molecule has 1 aromatic carbocycles. The van der Waals surface area contributed by atoms with Crippen molar-refractivity contribution in [3.8, 4) is 0 Å². The monoisotopic (exact) mass is 341 g/mol. The lowest BCUT2D eigenvalue weighted by atomic mass is 10.2. The third kappa shape index (κ3) is 3.81. The molecule has 4 nitrogen and oxygen atoms in total. The molecular weight excluding hydrogens is 330 g/mol. The number of benzene rings is 1. The first-order chi connectivity index (χ1) is 9.06. The second-order valence-electron chi connectivity index (χ2n) is 4.11. The van der Waals surface area contributed by atoms with E-state index in [1.807, 2.05) is 19.3 Å². The van der Waals surface area contributed by atoms with Crippen molar-refractivity contribution in [3.63, 3.8) is 0 Å². The lowest BCUT2D eigenvalue weighted by Gasteiger charge is -2.06. The lowest BCUT2D eigenvalue weighted by Crippen LogP contribution is -2.26. The summed E-state index contributed by atoms with van der Waals surface area (Å²) >= 11 is 9.22. The topological polar surface area (TPSA) is 46.9 Å². The van der Waals surface area contributed by atoms with Gasteiger partial charge < -0.3 is 5.32 Å². The summed E-state index contributed by atoms with van der Waals surface area (Å²) in [5.74, 6) is -0.148. The molecule has 0 radical (unpaired) electrons. The van der Waals surface area contributed by atoms with E-state index in [1.54, 1.807) is 22.9 Å². The fraction of sp³-hybridized carbons (Fsp3) is 0.231. The van der Waals surface area contributed by atoms with E-state index in [0.29, 0.717) is 23.6 Å². The van der Waals surface area contributed by atoms with Crippen LogP contribution in [0.4, 0.5) is 0 Å². The fourth-order valence-corrected chi connectivity index (χ4v) is 2.27. The van der Waals surface area contributed by atoms with Crippen molar-refractivity contribution in [2.24, 2.45) is 7.05 Å². The molecule has 0 saturated heterocycles. The maximum absolute atomic E-state index is 12.0. The first-order valence-corrected chi connectivity index (χ1v) is 6.95. The molecule has 1 N–H and O–H groups in total. The van der Waals surface area contributed by atoms with Crippen LogP contribution in [0.15, 0.2) is 34.9 Å². The van der Waals surface area contributed by atoms with Gasteiger partial charge in [0, 0.05) is 35.7 Å². The average molecular weight is 343 g/mol. The summed E-state index contributed by atoms with van der Waals surface area (Å²) in [4.78, 5) is 12.0. The smallest absolute Gasteiger partial charge is 0.252 e. The molecule has 0 unspecified atom stereocenters. The van der Waals surface area contributed by atoms with Crippen molar-refractivity contribution in [2.75, 3.05) is 6.54 Å². The van der Waals surface area contributed by atoms with E-state index in [-0.39, 0.29) is 5.91 Å². The Labute approximate surface area is 124 Å². The maximum Gasteiger partial charge on any atom is 0.252 e. The van der Waals surface area contributed by atoms with Gasteiger partial charge in [0.2, 0.25) is 0 Å². The average Bonchev–Trinajstić information content (AvgIpc) is 2.78. The van der Waals surface area contributed by atoms with Crippen molar-refractivity contribution in [1.29, 1.82) is 0 Å². The van der Waals surface area contributed by atoms with Gasteiger partial charge in [-0.25, -0.2) is 0 Å². The van der Waals surface area contributed by atoms with E-state index < -0.39 is 0 Å². The van der Waals surface area contributed by atoms with Gasteiger partial charge in [-0.05, 0) is 40.2 Å². The van der Waals surface area contributed by atoms with E-state index in [2.05, 4.69) is 26.3 Å². The van der Waals surface area contributed by atoms with Gasteiger partial charge in [0.05, 0.1) is 11.3 Å². The molecule has 0 bridgehead atoms. The third-order valence-electron chi connectivity index (χ3n) is 2.61. The Morgan fingerprint density at radius 3 is 2.95 bits per heavy atom. The van der Waals surface area contributed by atoms with Crippen molar-refractivity contribution in [1.82, 2.24) is 15.1 Å². The molecule has 0 aliphatic carbocycles. The lowest BCUT2D eigenvalue weighted by molar-refractivity contribution is 0.0953. The number of hydrogen-bond acceptors (Lipinski definition) is 2. The van der Waals surface area contributed by atoms with Crippen LogP contribution in [-0.2, 0) is 13.5 Å². The zero-order valence-electron chi connectivity index (χ0n) is 10.4. The highest BCUT2D eigenvalue weighted by Gasteiger charge is 2.10. The van der Waals surface area contributed by atoms with Gasteiger partial charge in [0.1, 0.15) is 0 Å². The van der Waals surface area contributed by atoms with Crippen molar-refractivity contribution in [3.05, 3.63) is 51.2 Å². The van der Waals surface area contributed by atoms with Crippen LogP contribution in [0, 0.1) is 0 Å². The molecule has 2 rings (SSSR count). The van der Waals surface area contributed by atoms with E-state index in [4.69, 9.17) is 11.6 Å². The first-order valence-electron chi connectivity index (χ1n) is 5.78. The summed E-state index contributed by atoms with van der Waals surface area (Å²) in [5.41, 5.74) is 1.49. The Bertz CT molecular complexity index is 597. The normalized spacial score (nSPS) is 10.5. The number of hydrogen-bond donors (Lipinski definition) is 1. The summed E-state index contributed by atoms with van der Waals surface area (Å²) in [6, 6.07) is 7.06. The second kappa shape index (κ2) is 6.21. The predicted octanol–water partition coefficient (Wildman–Crippen LogP) is 2.81. The standard InChI is InChI=1S/C13H13BrClN3O/c1-18-7-5-10(17-18)4-6-16-13(19)11-8-9(15)2-3-12(11)14/h2-3,5,7-8H,4,6H2,1H3,(H,16,19). The number of aromatic nitrogens is 2. The maximum atomic E-state index is 12.0. The molecule has 0 fully saturated rings. The quantitative estimate of drug-likeness (QED) is 0.929. The van der Waals surface area contributed by atoms with E-state index in [9.17, 15) is 4.79 Å². The minimum atomic E-state index is -0.148. The number of nitrogens with zero attached hydrogens (tertiary/aromatic N) is 2. The first kappa shape index (κ1) is 14.1. The molecule has 0 saturated carbocycles. The summed E-state index contributed by atoms with van der Waals surface area (Å²) in [6.45, 7) is 0.537. The van der Waals surface area contributed by atoms with Gasteiger partial charge in [-0.2, -0.15) is 5.10 Å². The molecular formula is C13H13BrClN3O. The Morgan fingerprint density at radius 2 is 2.26 bits per heavy atom. The van der Waals surface area contributed by atoms with Gasteiger partial charge in [-0.1, -0.05) is 11.6 Å². The zero-order valence-corrected chi connectivity index (χ0v) is 12.7. The Balaban J connectivity index is 1.92. The number of rotatable bonds is 4. The van der Waals surface area contributed by atoms with Gasteiger partial charge in [-0.15, -0.1) is 0 Å². The number of aryl methyl sites for hydroxylation is 1. The molecule has 1 amide bonds. The number of amides is 1. The second-order valence-corrected chi connectivity index (χ2v) is 5.40. The van der Waals surface area contributed by atoms with Gasteiger partial charge in [0.15, 0.2) is 0 Å². The highest BCUT2D eigenvalue weighted by atomic mass is 79.9. The number of carbonyl (C=O) groups excluding carboxylic acids is 1. The summed E-state index contributed by atoms with van der Waals surface area (Å²) in [7, 11) is 1.87. The minimum absolute atomic E-state index is 0.148. The molecule has 1 heterocycles. The highest BCUT2D eigenvalue weighted by molar-refractivity contribution is 9.10. The van der Waals surface area contributed by atoms with Gasteiger partial charge in [-0.3, -0.25) is 9.48 Å². The minimum Gasteiger partial charge on any atom is -0.352 e.